The molecule has 0 saturated heterocycles. The lowest BCUT2D eigenvalue weighted by Crippen LogP contribution is -2.40. The molecular weight excluding hydrogens is 269 g/mol. The first-order chi connectivity index (χ1) is 10.2. The summed E-state index contributed by atoms with van der Waals surface area (Å²) in [6.45, 7) is 0. The fourth-order valence-corrected chi connectivity index (χ4v) is 2.30. The maximum atomic E-state index is 11.7. The SMILES string of the molecule is O=C(NC(O)C1OBc2ccccc21)Oc1ccccc1. The zero-order valence-corrected chi connectivity index (χ0v) is 11.2. The van der Waals surface area contributed by atoms with Gasteiger partial charge in [0.1, 0.15) is 11.9 Å². The summed E-state index contributed by atoms with van der Waals surface area (Å²) in [5.74, 6) is 0.412. The van der Waals surface area contributed by atoms with Crippen LogP contribution in [0, 0.1) is 0 Å². The van der Waals surface area contributed by atoms with Crippen LogP contribution in [-0.4, -0.2) is 24.9 Å². The third kappa shape index (κ3) is 3.07. The van der Waals surface area contributed by atoms with Gasteiger partial charge in [0.2, 0.25) is 0 Å². The van der Waals surface area contributed by atoms with Gasteiger partial charge in [-0.1, -0.05) is 42.5 Å². The molecule has 1 aliphatic rings. The number of hydrogen-bond donors (Lipinski definition) is 2. The number of aliphatic hydroxyl groups is 1. The number of benzene rings is 2. The number of nitrogens with one attached hydrogen (secondary N) is 1. The van der Waals surface area contributed by atoms with Gasteiger partial charge < -0.3 is 14.5 Å². The fourth-order valence-electron chi connectivity index (χ4n) is 2.30. The number of hydrogen-bond acceptors (Lipinski definition) is 4. The molecule has 106 valence electrons. The van der Waals surface area contributed by atoms with Crippen LogP contribution in [-0.2, 0) is 4.65 Å². The van der Waals surface area contributed by atoms with Crippen LogP contribution in [0.15, 0.2) is 54.6 Å². The average Bonchev–Trinajstić information content (AvgIpc) is 2.92. The van der Waals surface area contributed by atoms with Crippen LogP contribution in [0.3, 0.4) is 0 Å². The molecule has 0 aliphatic carbocycles. The van der Waals surface area contributed by atoms with Gasteiger partial charge in [0.15, 0.2) is 6.23 Å². The minimum Gasteiger partial charge on any atom is -0.424 e. The minimum atomic E-state index is -1.16. The monoisotopic (exact) mass is 283 g/mol. The van der Waals surface area contributed by atoms with Crippen molar-refractivity contribution < 1.29 is 19.3 Å². The van der Waals surface area contributed by atoms with Crippen LogP contribution < -0.4 is 15.5 Å². The van der Waals surface area contributed by atoms with E-state index < -0.39 is 18.4 Å². The van der Waals surface area contributed by atoms with E-state index in [0.717, 1.165) is 11.0 Å². The maximum absolute atomic E-state index is 11.7. The van der Waals surface area contributed by atoms with Gasteiger partial charge in [0.25, 0.3) is 0 Å². The first kappa shape index (κ1) is 13.7. The van der Waals surface area contributed by atoms with E-state index in [1.54, 1.807) is 24.3 Å². The molecular formula is C15H14BNO4. The van der Waals surface area contributed by atoms with Gasteiger partial charge in [-0.15, -0.1) is 0 Å². The third-order valence-corrected chi connectivity index (χ3v) is 3.29. The van der Waals surface area contributed by atoms with Crippen molar-refractivity contribution in [1.82, 2.24) is 5.32 Å². The molecule has 0 spiro atoms. The summed E-state index contributed by atoms with van der Waals surface area (Å²) in [7, 11) is 0.424. The highest BCUT2D eigenvalue weighted by Crippen LogP contribution is 2.23. The van der Waals surface area contributed by atoms with Crippen molar-refractivity contribution in [1.29, 1.82) is 0 Å². The zero-order chi connectivity index (χ0) is 14.7. The summed E-state index contributed by atoms with van der Waals surface area (Å²) in [5, 5.41) is 12.5. The van der Waals surface area contributed by atoms with Crippen LogP contribution >= 0.6 is 0 Å². The van der Waals surface area contributed by atoms with Crippen LogP contribution in [0.4, 0.5) is 4.79 Å². The van der Waals surface area contributed by atoms with Crippen LogP contribution in [0.2, 0.25) is 0 Å². The van der Waals surface area contributed by atoms with E-state index in [1.807, 2.05) is 30.3 Å². The van der Waals surface area contributed by atoms with Crippen molar-refractivity contribution in [3.63, 3.8) is 0 Å². The van der Waals surface area contributed by atoms with Crippen molar-refractivity contribution in [2.45, 2.75) is 12.3 Å². The predicted octanol–water partition coefficient (Wildman–Crippen LogP) is 0.842. The van der Waals surface area contributed by atoms with Gasteiger partial charge in [0, 0.05) is 0 Å². The van der Waals surface area contributed by atoms with Gasteiger partial charge in [-0.2, -0.15) is 0 Å². The van der Waals surface area contributed by atoms with Crippen LogP contribution in [0.5, 0.6) is 5.75 Å². The fraction of sp³-hybridized carbons (Fsp3) is 0.133. The Kier molecular flexibility index (Phi) is 3.90. The molecule has 2 atom stereocenters. The number of carbonyl (C=O) groups excluding carboxylic acids is 1. The molecule has 0 saturated carbocycles. The highest BCUT2D eigenvalue weighted by molar-refractivity contribution is 6.49. The Labute approximate surface area is 122 Å². The van der Waals surface area contributed by atoms with Gasteiger partial charge in [0.05, 0.1) is 0 Å². The highest BCUT2D eigenvalue weighted by atomic mass is 16.6. The maximum Gasteiger partial charge on any atom is 0.414 e. The lowest BCUT2D eigenvalue weighted by molar-refractivity contribution is 0.0235. The molecule has 6 heteroatoms. The Morgan fingerprint density at radius 2 is 1.90 bits per heavy atom. The number of para-hydroxylation sites is 1. The normalized spacial score (nSPS) is 17.5. The van der Waals surface area contributed by atoms with Crippen LogP contribution in [0.1, 0.15) is 11.7 Å². The smallest absolute Gasteiger partial charge is 0.414 e. The quantitative estimate of drug-likeness (QED) is 0.647. The molecule has 2 N–H and O–H groups in total. The standard InChI is InChI=1S/C15H14BNO4/c18-14(13-11-8-4-5-9-12(11)16-21-13)17-15(19)20-10-6-2-1-3-7-10/h1-9,13-14,16,18H,(H,17,19). The Hall–Kier alpha value is -2.31. The summed E-state index contributed by atoms with van der Waals surface area (Å²) < 4.78 is 10.6. The van der Waals surface area contributed by atoms with E-state index in [0.29, 0.717) is 13.2 Å². The molecule has 2 aromatic carbocycles. The molecule has 1 aliphatic heterocycles. The number of carbonyl (C=O) groups is 1. The van der Waals surface area contributed by atoms with Crippen LogP contribution in [0.25, 0.3) is 0 Å². The molecule has 2 aromatic rings. The van der Waals surface area contributed by atoms with E-state index in [4.69, 9.17) is 9.39 Å². The van der Waals surface area contributed by atoms with Gasteiger partial charge in [-0.25, -0.2) is 4.79 Å². The first-order valence-electron chi connectivity index (χ1n) is 6.65. The second-order valence-electron chi connectivity index (χ2n) is 4.72. The van der Waals surface area contributed by atoms with E-state index in [9.17, 15) is 9.90 Å². The molecule has 0 fully saturated rings. The zero-order valence-electron chi connectivity index (χ0n) is 11.2. The van der Waals surface area contributed by atoms with Crippen molar-refractivity contribution in [2.75, 3.05) is 0 Å². The van der Waals surface area contributed by atoms with E-state index >= 15 is 0 Å². The summed E-state index contributed by atoms with van der Waals surface area (Å²) in [6, 6.07) is 16.3. The Balaban J connectivity index is 1.62. The molecule has 1 amide bonds. The van der Waals surface area contributed by atoms with Crippen molar-refractivity contribution in [3.05, 3.63) is 60.2 Å². The van der Waals surface area contributed by atoms with Crippen molar-refractivity contribution in [2.24, 2.45) is 0 Å². The van der Waals surface area contributed by atoms with Crippen molar-refractivity contribution in [3.8, 4) is 5.75 Å². The molecule has 3 rings (SSSR count). The minimum absolute atomic E-state index is 0.412. The number of fused-ring (bicyclic) bond motifs is 1. The molecule has 0 aromatic heterocycles. The second kappa shape index (κ2) is 5.99. The Morgan fingerprint density at radius 1 is 1.19 bits per heavy atom. The van der Waals surface area contributed by atoms with E-state index in [1.165, 1.54) is 0 Å². The summed E-state index contributed by atoms with van der Waals surface area (Å²) in [6.07, 6.45) is -2.46. The van der Waals surface area contributed by atoms with Gasteiger partial charge >= 0.3 is 13.6 Å². The Bertz CT molecular complexity index is 635. The summed E-state index contributed by atoms with van der Waals surface area (Å²) >= 11 is 0. The number of ether oxygens (including phenoxy) is 1. The summed E-state index contributed by atoms with van der Waals surface area (Å²) in [5.41, 5.74) is 1.89. The van der Waals surface area contributed by atoms with Crippen molar-refractivity contribution >= 4 is 19.0 Å². The number of aliphatic hydroxyl groups excluding tert-OH is 1. The third-order valence-electron chi connectivity index (χ3n) is 3.29. The van der Waals surface area contributed by atoms with Gasteiger partial charge in [-0.3, -0.25) is 5.32 Å². The predicted molar refractivity (Wildman–Crippen MR) is 78.7 cm³/mol. The molecule has 0 radical (unpaired) electrons. The molecule has 2 unspecified atom stereocenters. The molecule has 21 heavy (non-hydrogen) atoms. The number of rotatable bonds is 3. The molecule has 0 bridgehead atoms. The molecule has 5 nitrogen and oxygen atoms in total. The average molecular weight is 283 g/mol. The Morgan fingerprint density at radius 3 is 2.71 bits per heavy atom. The largest absolute Gasteiger partial charge is 0.424 e. The highest BCUT2D eigenvalue weighted by Gasteiger charge is 2.31. The van der Waals surface area contributed by atoms with E-state index in [2.05, 4.69) is 5.32 Å². The molecule has 1 heterocycles. The van der Waals surface area contributed by atoms with E-state index in [-0.39, 0.29) is 0 Å². The topological polar surface area (TPSA) is 67.8 Å². The summed E-state index contributed by atoms with van der Waals surface area (Å²) in [4.78, 5) is 11.7. The lowest BCUT2D eigenvalue weighted by atomic mass is 9.87. The first-order valence-corrected chi connectivity index (χ1v) is 6.65. The van der Waals surface area contributed by atoms with Gasteiger partial charge in [-0.05, 0) is 23.2 Å². The lowest BCUT2D eigenvalue weighted by Gasteiger charge is -2.20. The second-order valence-corrected chi connectivity index (χ2v) is 4.72. The number of amides is 1.